The van der Waals surface area contributed by atoms with Gasteiger partial charge in [-0.2, -0.15) is 5.10 Å². The van der Waals surface area contributed by atoms with Crippen molar-refractivity contribution in [3.63, 3.8) is 0 Å². The maximum Gasteiger partial charge on any atom is 0.180 e. The Labute approximate surface area is 130 Å². The largest absolute Gasteiger partial charge is 0.409 e. The molecule has 0 saturated carbocycles. The van der Waals surface area contributed by atoms with E-state index in [2.05, 4.69) is 26.2 Å². The topological polar surface area (TPSA) is 111 Å². The number of halogens is 1. The maximum absolute atomic E-state index is 12.2. The molecule has 2 rings (SSSR count). The molecule has 0 radical (unpaired) electrons. The molecule has 0 amide bonds. The summed E-state index contributed by atoms with van der Waals surface area (Å²) in [5.74, 6) is -0.135. The first-order valence-electron chi connectivity index (χ1n) is 5.91. The summed E-state index contributed by atoms with van der Waals surface area (Å²) in [4.78, 5) is 0.184. The minimum Gasteiger partial charge on any atom is -0.409 e. The predicted octanol–water partition coefficient (Wildman–Crippen LogP) is 1.21. The smallest absolute Gasteiger partial charge is 0.180 e. The van der Waals surface area contributed by atoms with Crippen molar-refractivity contribution in [2.24, 2.45) is 10.9 Å². The highest BCUT2D eigenvalue weighted by Gasteiger charge is 2.15. The lowest BCUT2D eigenvalue weighted by atomic mass is 10.2. The molecule has 0 atom stereocenters. The fourth-order valence-electron chi connectivity index (χ4n) is 1.68. The lowest BCUT2D eigenvalue weighted by molar-refractivity contribution is 0.318. The number of rotatable bonds is 5. The van der Waals surface area contributed by atoms with Gasteiger partial charge in [-0.3, -0.25) is 4.68 Å². The lowest BCUT2D eigenvalue weighted by Gasteiger charge is -2.06. The molecule has 0 aliphatic heterocycles. The van der Waals surface area contributed by atoms with Crippen molar-refractivity contribution < 1.29 is 13.6 Å². The van der Waals surface area contributed by atoms with Gasteiger partial charge in [0.2, 0.25) is 0 Å². The van der Waals surface area contributed by atoms with Crippen LogP contribution in [-0.2, 0) is 16.4 Å². The molecule has 0 bridgehead atoms. The van der Waals surface area contributed by atoms with E-state index in [4.69, 9.17) is 10.9 Å². The van der Waals surface area contributed by atoms with Gasteiger partial charge in [0.05, 0.1) is 27.9 Å². The van der Waals surface area contributed by atoms with E-state index in [-0.39, 0.29) is 23.0 Å². The number of hydrogen-bond donors (Lipinski definition) is 2. The first-order chi connectivity index (χ1) is 9.92. The number of nitrogens with zero attached hydrogens (tertiary/aromatic N) is 3. The summed E-state index contributed by atoms with van der Waals surface area (Å²) in [5, 5.41) is 15.4. The molecular weight excluding hydrogens is 360 g/mol. The first-order valence-corrected chi connectivity index (χ1v) is 8.35. The standard InChI is InChI=1S/C12H13BrN4O3S/c13-10-7-15-17(8-10)5-6-21(19,20)11-3-1-9(2-4-11)12(14)16-18/h1-4,7-8,18H,5-6H2,(H2,14,16). The van der Waals surface area contributed by atoms with Crippen LogP contribution in [0.5, 0.6) is 0 Å². The molecule has 1 heterocycles. The van der Waals surface area contributed by atoms with Crippen molar-refractivity contribution in [2.75, 3.05) is 5.75 Å². The quantitative estimate of drug-likeness (QED) is 0.354. The van der Waals surface area contributed by atoms with Gasteiger partial charge in [-0.25, -0.2) is 8.42 Å². The number of sulfone groups is 1. The van der Waals surface area contributed by atoms with Gasteiger partial charge in [-0.1, -0.05) is 5.16 Å². The molecule has 0 aliphatic rings. The first kappa shape index (κ1) is 15.5. The van der Waals surface area contributed by atoms with Gasteiger partial charge in [-0.05, 0) is 40.2 Å². The third-order valence-electron chi connectivity index (χ3n) is 2.81. The van der Waals surface area contributed by atoms with E-state index in [1.807, 2.05) is 0 Å². The third kappa shape index (κ3) is 3.82. The van der Waals surface area contributed by atoms with Crippen LogP contribution in [0.3, 0.4) is 0 Å². The van der Waals surface area contributed by atoms with Gasteiger partial charge >= 0.3 is 0 Å². The normalized spacial score (nSPS) is 12.5. The SMILES string of the molecule is N/C(=N/O)c1ccc(S(=O)(=O)CCn2cc(Br)cn2)cc1. The van der Waals surface area contributed by atoms with Gasteiger partial charge in [0.1, 0.15) is 0 Å². The molecule has 1 aromatic carbocycles. The predicted molar refractivity (Wildman–Crippen MR) is 80.9 cm³/mol. The molecule has 0 aliphatic carbocycles. The lowest BCUT2D eigenvalue weighted by Crippen LogP contribution is -2.15. The molecule has 2 aromatic rings. The molecular formula is C12H13BrN4O3S. The van der Waals surface area contributed by atoms with Gasteiger partial charge < -0.3 is 10.9 Å². The minimum absolute atomic E-state index is 0.0654. The Balaban J connectivity index is 2.12. The summed E-state index contributed by atoms with van der Waals surface area (Å²) < 4.78 is 26.7. The van der Waals surface area contributed by atoms with Gasteiger partial charge in [0.25, 0.3) is 0 Å². The number of oxime groups is 1. The molecule has 0 fully saturated rings. The molecule has 9 heteroatoms. The Morgan fingerprint density at radius 1 is 1.38 bits per heavy atom. The Morgan fingerprint density at radius 3 is 2.57 bits per heavy atom. The van der Waals surface area contributed by atoms with E-state index in [0.29, 0.717) is 5.56 Å². The highest BCUT2D eigenvalue weighted by Crippen LogP contribution is 2.13. The second-order valence-corrected chi connectivity index (χ2v) is 7.27. The van der Waals surface area contributed by atoms with Crippen molar-refractivity contribution in [3.8, 4) is 0 Å². The van der Waals surface area contributed by atoms with Crippen LogP contribution in [0.2, 0.25) is 0 Å². The van der Waals surface area contributed by atoms with Crippen LogP contribution >= 0.6 is 15.9 Å². The highest BCUT2D eigenvalue weighted by atomic mass is 79.9. The molecule has 3 N–H and O–H groups in total. The number of aryl methyl sites for hydroxylation is 1. The number of hydrogen-bond acceptors (Lipinski definition) is 5. The average molecular weight is 373 g/mol. The Hall–Kier alpha value is -1.87. The molecule has 112 valence electrons. The van der Waals surface area contributed by atoms with E-state index in [9.17, 15) is 8.42 Å². The average Bonchev–Trinajstić information content (AvgIpc) is 2.90. The van der Waals surface area contributed by atoms with Gasteiger partial charge in [0, 0.05) is 11.8 Å². The molecule has 21 heavy (non-hydrogen) atoms. The summed E-state index contributed by atoms with van der Waals surface area (Å²) in [5.41, 5.74) is 5.88. The summed E-state index contributed by atoms with van der Waals surface area (Å²) in [6.45, 7) is 0.260. The summed E-state index contributed by atoms with van der Waals surface area (Å²) in [7, 11) is -3.42. The van der Waals surface area contributed by atoms with Crippen molar-refractivity contribution in [3.05, 3.63) is 46.7 Å². The van der Waals surface area contributed by atoms with Gasteiger partial charge in [0.15, 0.2) is 15.7 Å². The zero-order chi connectivity index (χ0) is 15.5. The Kier molecular flexibility index (Phi) is 4.63. The molecule has 0 unspecified atom stereocenters. The van der Waals surface area contributed by atoms with Crippen LogP contribution in [0.1, 0.15) is 5.56 Å². The van der Waals surface area contributed by atoms with Crippen molar-refractivity contribution >= 4 is 31.6 Å². The third-order valence-corrected chi connectivity index (χ3v) is 4.93. The summed E-state index contributed by atoms with van der Waals surface area (Å²) >= 11 is 3.25. The van der Waals surface area contributed by atoms with Gasteiger partial charge in [-0.15, -0.1) is 0 Å². The zero-order valence-electron chi connectivity index (χ0n) is 10.8. The minimum atomic E-state index is -3.42. The number of aromatic nitrogens is 2. The van der Waals surface area contributed by atoms with Crippen LogP contribution in [0, 0.1) is 0 Å². The van der Waals surface area contributed by atoms with Crippen molar-refractivity contribution in [1.82, 2.24) is 9.78 Å². The fraction of sp³-hybridized carbons (Fsp3) is 0.167. The van der Waals surface area contributed by atoms with Crippen molar-refractivity contribution in [2.45, 2.75) is 11.4 Å². The molecule has 1 aromatic heterocycles. The van der Waals surface area contributed by atoms with Crippen LogP contribution in [0.4, 0.5) is 0 Å². The Morgan fingerprint density at radius 2 is 2.05 bits per heavy atom. The maximum atomic E-state index is 12.2. The van der Waals surface area contributed by atoms with E-state index < -0.39 is 9.84 Å². The molecule has 0 saturated heterocycles. The highest BCUT2D eigenvalue weighted by molar-refractivity contribution is 9.10. The van der Waals surface area contributed by atoms with Crippen LogP contribution in [0.15, 0.2) is 51.2 Å². The van der Waals surface area contributed by atoms with E-state index in [0.717, 1.165) is 4.47 Å². The van der Waals surface area contributed by atoms with Crippen molar-refractivity contribution in [1.29, 1.82) is 0 Å². The van der Waals surface area contributed by atoms with E-state index in [1.54, 1.807) is 17.1 Å². The fourth-order valence-corrected chi connectivity index (χ4v) is 3.22. The van der Waals surface area contributed by atoms with Crippen LogP contribution < -0.4 is 5.73 Å². The molecule has 7 nitrogen and oxygen atoms in total. The van der Waals surface area contributed by atoms with E-state index in [1.165, 1.54) is 24.3 Å². The Bertz CT molecular complexity index is 753. The second kappa shape index (κ2) is 6.27. The van der Waals surface area contributed by atoms with Crippen LogP contribution in [0.25, 0.3) is 0 Å². The second-order valence-electron chi connectivity index (χ2n) is 4.25. The summed E-state index contributed by atoms with van der Waals surface area (Å²) in [6.07, 6.45) is 3.30. The monoisotopic (exact) mass is 372 g/mol. The number of amidine groups is 1. The number of benzene rings is 1. The summed E-state index contributed by atoms with van der Waals surface area (Å²) in [6, 6.07) is 5.85. The molecule has 0 spiro atoms. The van der Waals surface area contributed by atoms with Crippen LogP contribution in [-0.4, -0.2) is 35.0 Å². The number of nitrogens with two attached hydrogens (primary N) is 1. The van der Waals surface area contributed by atoms with E-state index >= 15 is 0 Å². The zero-order valence-corrected chi connectivity index (χ0v) is 13.2.